The van der Waals surface area contributed by atoms with E-state index in [0.717, 1.165) is 11.1 Å². The van der Waals surface area contributed by atoms with Crippen molar-refractivity contribution in [1.82, 2.24) is 25.1 Å². The molecule has 6 heteroatoms. The number of hydrogen-bond donors (Lipinski definition) is 1. The second-order valence-corrected chi connectivity index (χ2v) is 4.74. The van der Waals surface area contributed by atoms with Gasteiger partial charge in [0.1, 0.15) is 6.33 Å². The number of aromatic nitrogens is 4. The van der Waals surface area contributed by atoms with Gasteiger partial charge in [0.2, 0.25) is 0 Å². The van der Waals surface area contributed by atoms with Crippen molar-refractivity contribution in [2.75, 3.05) is 6.54 Å². The van der Waals surface area contributed by atoms with Crippen LogP contribution in [-0.2, 0) is 6.54 Å². The second kappa shape index (κ2) is 5.70. The molecule has 0 bridgehead atoms. The molecule has 1 N–H and O–H groups in total. The average Bonchev–Trinajstić information content (AvgIpc) is 2.92. The number of benzene rings is 1. The fourth-order valence-electron chi connectivity index (χ4n) is 2.16. The Morgan fingerprint density at radius 2 is 2.24 bits per heavy atom. The van der Waals surface area contributed by atoms with E-state index in [9.17, 15) is 4.79 Å². The van der Waals surface area contributed by atoms with Gasteiger partial charge in [-0.05, 0) is 19.1 Å². The number of rotatable bonds is 4. The summed E-state index contributed by atoms with van der Waals surface area (Å²) in [4.78, 5) is 20.4. The Kier molecular flexibility index (Phi) is 3.59. The van der Waals surface area contributed by atoms with Crippen molar-refractivity contribution in [2.24, 2.45) is 0 Å². The normalized spacial score (nSPS) is 10.7. The third-order valence-corrected chi connectivity index (χ3v) is 3.18. The summed E-state index contributed by atoms with van der Waals surface area (Å²) in [7, 11) is 0. The van der Waals surface area contributed by atoms with E-state index in [0.29, 0.717) is 24.2 Å². The van der Waals surface area contributed by atoms with Crippen LogP contribution in [0.4, 0.5) is 0 Å². The quantitative estimate of drug-likeness (QED) is 0.787. The van der Waals surface area contributed by atoms with Gasteiger partial charge in [0.15, 0.2) is 0 Å². The Morgan fingerprint density at radius 1 is 1.33 bits per heavy atom. The molecule has 0 saturated carbocycles. The van der Waals surface area contributed by atoms with Crippen LogP contribution in [0.2, 0.25) is 0 Å². The molecule has 0 aliphatic rings. The largest absolute Gasteiger partial charge is 0.350 e. The lowest BCUT2D eigenvalue weighted by atomic mass is 10.1. The Balaban J connectivity index is 1.69. The van der Waals surface area contributed by atoms with Crippen LogP contribution in [0, 0.1) is 6.92 Å². The van der Waals surface area contributed by atoms with Crippen LogP contribution in [-0.4, -0.2) is 32.2 Å². The molecule has 0 radical (unpaired) electrons. The molecule has 2 heterocycles. The predicted octanol–water partition coefficient (Wildman–Crippen LogP) is 1.56. The molecule has 0 atom stereocenters. The molecule has 106 valence electrons. The van der Waals surface area contributed by atoms with Gasteiger partial charge in [-0.15, -0.1) is 0 Å². The van der Waals surface area contributed by atoms with Crippen molar-refractivity contribution in [3.8, 4) is 0 Å². The molecule has 0 unspecified atom stereocenters. The molecule has 0 aliphatic carbocycles. The fraction of sp³-hybridized carbons (Fsp3) is 0.200. The number of nitrogens with one attached hydrogen (secondary N) is 1. The highest BCUT2D eigenvalue weighted by Gasteiger charge is 2.10. The van der Waals surface area contributed by atoms with Crippen LogP contribution in [0.5, 0.6) is 0 Å². The predicted molar refractivity (Wildman–Crippen MR) is 78.8 cm³/mol. The summed E-state index contributed by atoms with van der Waals surface area (Å²) in [5.74, 6) is -0.136. The molecule has 6 nitrogen and oxygen atoms in total. The smallest absolute Gasteiger partial charge is 0.253 e. The Labute approximate surface area is 121 Å². The van der Waals surface area contributed by atoms with E-state index in [-0.39, 0.29) is 5.91 Å². The molecule has 21 heavy (non-hydrogen) atoms. The van der Waals surface area contributed by atoms with Gasteiger partial charge in [-0.3, -0.25) is 9.48 Å². The zero-order valence-corrected chi connectivity index (χ0v) is 11.7. The third kappa shape index (κ3) is 2.89. The van der Waals surface area contributed by atoms with Gasteiger partial charge in [0.05, 0.1) is 23.3 Å². The van der Waals surface area contributed by atoms with Gasteiger partial charge in [0.25, 0.3) is 5.91 Å². The Morgan fingerprint density at radius 3 is 3.05 bits per heavy atom. The minimum atomic E-state index is -0.136. The Bertz CT molecular complexity index is 775. The number of amides is 1. The lowest BCUT2D eigenvalue weighted by molar-refractivity contribution is 0.0953. The number of fused-ring (bicyclic) bond motifs is 1. The molecular weight excluding hydrogens is 266 g/mol. The SMILES string of the molecule is Cc1ccn(CCNC(=O)c2cccc3cncnc23)n1. The van der Waals surface area contributed by atoms with Gasteiger partial charge in [-0.2, -0.15) is 5.10 Å². The van der Waals surface area contributed by atoms with Crippen LogP contribution >= 0.6 is 0 Å². The van der Waals surface area contributed by atoms with Crippen molar-refractivity contribution >= 4 is 16.8 Å². The summed E-state index contributed by atoms with van der Waals surface area (Å²) in [6.07, 6.45) is 5.05. The minimum absolute atomic E-state index is 0.136. The standard InChI is InChI=1S/C15H15N5O/c1-11-5-7-20(19-11)8-6-17-15(21)13-4-2-3-12-9-16-10-18-14(12)13/h2-5,7,9-10H,6,8H2,1H3,(H,17,21). The second-order valence-electron chi connectivity index (χ2n) is 4.74. The number of carbonyl (C=O) groups is 1. The summed E-state index contributed by atoms with van der Waals surface area (Å²) < 4.78 is 1.81. The van der Waals surface area contributed by atoms with E-state index in [4.69, 9.17) is 0 Å². The highest BCUT2D eigenvalue weighted by molar-refractivity contribution is 6.05. The third-order valence-electron chi connectivity index (χ3n) is 3.18. The van der Waals surface area contributed by atoms with E-state index >= 15 is 0 Å². The summed E-state index contributed by atoms with van der Waals surface area (Å²) in [5.41, 5.74) is 2.19. The molecule has 3 rings (SSSR count). The van der Waals surface area contributed by atoms with Gasteiger partial charge >= 0.3 is 0 Å². The van der Waals surface area contributed by atoms with Gasteiger partial charge in [0, 0.05) is 24.3 Å². The maximum atomic E-state index is 12.3. The van der Waals surface area contributed by atoms with Crippen molar-refractivity contribution in [3.63, 3.8) is 0 Å². The monoisotopic (exact) mass is 281 g/mol. The average molecular weight is 281 g/mol. The van der Waals surface area contributed by atoms with E-state index in [1.54, 1.807) is 16.9 Å². The van der Waals surface area contributed by atoms with Crippen molar-refractivity contribution in [2.45, 2.75) is 13.5 Å². The molecule has 0 aliphatic heterocycles. The first-order valence-corrected chi connectivity index (χ1v) is 6.71. The van der Waals surface area contributed by atoms with E-state index in [2.05, 4.69) is 20.4 Å². The summed E-state index contributed by atoms with van der Waals surface area (Å²) in [5, 5.41) is 8.02. The van der Waals surface area contributed by atoms with E-state index in [1.807, 2.05) is 31.3 Å². The molecule has 2 aromatic heterocycles. The maximum absolute atomic E-state index is 12.3. The lowest BCUT2D eigenvalue weighted by Crippen LogP contribution is -2.27. The van der Waals surface area contributed by atoms with Crippen LogP contribution in [0.3, 0.4) is 0 Å². The van der Waals surface area contributed by atoms with Crippen LogP contribution < -0.4 is 5.32 Å². The molecule has 3 aromatic rings. The number of aryl methyl sites for hydroxylation is 1. The fourth-order valence-corrected chi connectivity index (χ4v) is 2.16. The molecule has 1 amide bonds. The highest BCUT2D eigenvalue weighted by atomic mass is 16.1. The first-order valence-electron chi connectivity index (χ1n) is 6.71. The minimum Gasteiger partial charge on any atom is -0.350 e. The molecule has 0 fully saturated rings. The lowest BCUT2D eigenvalue weighted by Gasteiger charge is -2.07. The van der Waals surface area contributed by atoms with Crippen molar-refractivity contribution in [3.05, 3.63) is 54.2 Å². The molecule has 0 spiro atoms. The zero-order chi connectivity index (χ0) is 14.7. The molecule has 1 aromatic carbocycles. The van der Waals surface area contributed by atoms with Gasteiger partial charge in [-0.25, -0.2) is 9.97 Å². The number of para-hydroxylation sites is 1. The van der Waals surface area contributed by atoms with Crippen LogP contribution in [0.25, 0.3) is 10.9 Å². The summed E-state index contributed by atoms with van der Waals surface area (Å²) >= 11 is 0. The number of nitrogens with zero attached hydrogens (tertiary/aromatic N) is 4. The first kappa shape index (κ1) is 13.2. The zero-order valence-electron chi connectivity index (χ0n) is 11.7. The summed E-state index contributed by atoms with van der Waals surface area (Å²) in [6.45, 7) is 3.09. The van der Waals surface area contributed by atoms with Crippen LogP contribution in [0.1, 0.15) is 16.1 Å². The summed E-state index contributed by atoms with van der Waals surface area (Å²) in [6, 6.07) is 7.42. The first-order chi connectivity index (χ1) is 10.2. The maximum Gasteiger partial charge on any atom is 0.253 e. The van der Waals surface area contributed by atoms with Crippen molar-refractivity contribution < 1.29 is 4.79 Å². The molecule has 0 saturated heterocycles. The van der Waals surface area contributed by atoms with E-state index < -0.39 is 0 Å². The topological polar surface area (TPSA) is 72.7 Å². The van der Waals surface area contributed by atoms with Crippen LogP contribution in [0.15, 0.2) is 43.0 Å². The number of carbonyl (C=O) groups excluding carboxylic acids is 1. The van der Waals surface area contributed by atoms with E-state index in [1.165, 1.54) is 6.33 Å². The number of hydrogen-bond acceptors (Lipinski definition) is 4. The van der Waals surface area contributed by atoms with Gasteiger partial charge in [-0.1, -0.05) is 12.1 Å². The highest BCUT2D eigenvalue weighted by Crippen LogP contribution is 2.14. The van der Waals surface area contributed by atoms with Gasteiger partial charge < -0.3 is 5.32 Å². The van der Waals surface area contributed by atoms with Crippen molar-refractivity contribution in [1.29, 1.82) is 0 Å². The Hall–Kier alpha value is -2.76. The molecular formula is C15H15N5O.